The van der Waals surface area contributed by atoms with Crippen molar-refractivity contribution in [2.75, 3.05) is 18.1 Å². The predicted molar refractivity (Wildman–Crippen MR) is 111 cm³/mol. The van der Waals surface area contributed by atoms with E-state index in [0.717, 1.165) is 33.2 Å². The largest absolute Gasteiger partial charge is 0.396 e. The molecule has 0 radical (unpaired) electrons. The maximum Gasteiger partial charge on any atom is 0.348 e. The topological polar surface area (TPSA) is 105 Å². The van der Waals surface area contributed by atoms with Crippen molar-refractivity contribution in [1.82, 2.24) is 0 Å². The first-order chi connectivity index (χ1) is 13.5. The van der Waals surface area contributed by atoms with E-state index in [4.69, 9.17) is 16.2 Å². The standard InChI is InChI=1S/C22H20N4O2/c23-21(24)18-4-3-16-11-15(1-2-17(16)12-18)14-5-7-20(8-6-14)26-13-19(9-10-27)25-22(26)28/h1-8,11-12,27H,9-10,13H2,(H3,23,24)/p+1. The van der Waals surface area contributed by atoms with Gasteiger partial charge in [-0.15, -0.1) is 0 Å². The first-order valence-corrected chi connectivity index (χ1v) is 9.06. The highest BCUT2D eigenvalue weighted by molar-refractivity contribution is 6.12. The Balaban J connectivity index is 1.58. The van der Waals surface area contributed by atoms with Crippen molar-refractivity contribution in [2.45, 2.75) is 6.42 Å². The maximum atomic E-state index is 12.1. The number of benzene rings is 3. The van der Waals surface area contributed by atoms with Crippen LogP contribution in [0, 0.1) is 0 Å². The number of nitrogens with zero attached hydrogens (tertiary/aromatic N) is 2. The highest BCUT2D eigenvalue weighted by atomic mass is 16.3. The molecule has 28 heavy (non-hydrogen) atoms. The van der Waals surface area contributed by atoms with Crippen LogP contribution in [0.1, 0.15) is 12.0 Å². The van der Waals surface area contributed by atoms with Gasteiger partial charge < -0.3 is 5.11 Å². The second-order valence-corrected chi connectivity index (χ2v) is 6.80. The van der Waals surface area contributed by atoms with E-state index in [1.807, 2.05) is 48.5 Å². The summed E-state index contributed by atoms with van der Waals surface area (Å²) in [5, 5.41) is 16.9. The Labute approximate surface area is 162 Å². The number of aliphatic hydroxyl groups is 1. The molecule has 0 spiro atoms. The smallest absolute Gasteiger partial charge is 0.348 e. The molecule has 0 aliphatic carbocycles. The Hall–Kier alpha value is -3.51. The van der Waals surface area contributed by atoms with Crippen molar-refractivity contribution in [3.63, 3.8) is 0 Å². The number of nitrogens with two attached hydrogens (primary N) is 2. The summed E-state index contributed by atoms with van der Waals surface area (Å²) in [6, 6.07) is 19.6. The fourth-order valence-electron chi connectivity index (χ4n) is 3.39. The number of hydrogen-bond acceptors (Lipinski definition) is 2. The maximum absolute atomic E-state index is 12.1. The van der Waals surface area contributed by atoms with Gasteiger partial charge in [-0.25, -0.2) is 9.79 Å². The number of hydrogen-bond donors (Lipinski definition) is 3. The molecule has 6 nitrogen and oxygen atoms in total. The first-order valence-electron chi connectivity index (χ1n) is 9.06. The molecular formula is C22H21N4O2+. The van der Waals surface area contributed by atoms with Gasteiger partial charge in [0.05, 0.1) is 12.1 Å². The van der Waals surface area contributed by atoms with Gasteiger partial charge in [-0.1, -0.05) is 30.3 Å². The predicted octanol–water partition coefficient (Wildman–Crippen LogP) is 1.73. The summed E-state index contributed by atoms with van der Waals surface area (Å²) >= 11 is 0. The zero-order valence-corrected chi connectivity index (χ0v) is 15.3. The van der Waals surface area contributed by atoms with Gasteiger partial charge in [0.1, 0.15) is 0 Å². The number of carbonyl (C=O) groups is 1. The SMILES string of the molecule is NC(=[NH2+])c1ccc2cc(-c3ccc(N4CC(CCO)=NC4=O)cc3)ccc2c1. The number of amidine groups is 1. The minimum atomic E-state index is -0.284. The van der Waals surface area contributed by atoms with Crippen LogP contribution in [0.25, 0.3) is 21.9 Å². The number of aliphatic hydroxyl groups excluding tert-OH is 1. The van der Waals surface area contributed by atoms with Crippen molar-refractivity contribution in [1.29, 1.82) is 0 Å². The van der Waals surface area contributed by atoms with Crippen LogP contribution >= 0.6 is 0 Å². The summed E-state index contributed by atoms with van der Waals surface area (Å²) in [4.78, 5) is 17.7. The van der Waals surface area contributed by atoms with Crippen LogP contribution in [0.2, 0.25) is 0 Å². The molecule has 0 aromatic heterocycles. The molecule has 1 aliphatic rings. The van der Waals surface area contributed by atoms with Gasteiger partial charge in [-0.3, -0.25) is 16.0 Å². The van der Waals surface area contributed by atoms with E-state index >= 15 is 0 Å². The molecule has 3 aromatic rings. The molecule has 1 heterocycles. The Kier molecular flexibility index (Phi) is 4.63. The molecule has 0 saturated carbocycles. The first kappa shape index (κ1) is 17.9. The zero-order valence-electron chi connectivity index (χ0n) is 15.3. The third-order valence-corrected chi connectivity index (χ3v) is 4.91. The van der Waals surface area contributed by atoms with Crippen molar-refractivity contribution >= 4 is 34.0 Å². The molecule has 140 valence electrons. The second kappa shape index (κ2) is 7.25. The van der Waals surface area contributed by atoms with Gasteiger partial charge in [0.25, 0.3) is 5.84 Å². The number of aliphatic imine (C=N–C) groups is 1. The number of anilines is 1. The monoisotopic (exact) mass is 373 g/mol. The average molecular weight is 373 g/mol. The summed E-state index contributed by atoms with van der Waals surface area (Å²) < 4.78 is 0. The quantitative estimate of drug-likeness (QED) is 0.469. The van der Waals surface area contributed by atoms with Crippen molar-refractivity contribution in [2.24, 2.45) is 10.7 Å². The Morgan fingerprint density at radius 1 is 1.04 bits per heavy atom. The molecule has 6 heteroatoms. The molecule has 5 N–H and O–H groups in total. The second-order valence-electron chi connectivity index (χ2n) is 6.80. The lowest BCUT2D eigenvalue weighted by molar-refractivity contribution is -0.114. The molecule has 4 rings (SSSR count). The minimum absolute atomic E-state index is 0.00173. The van der Waals surface area contributed by atoms with Crippen LogP contribution in [0.5, 0.6) is 0 Å². The van der Waals surface area contributed by atoms with E-state index in [1.165, 1.54) is 0 Å². The minimum Gasteiger partial charge on any atom is -0.396 e. The van der Waals surface area contributed by atoms with E-state index in [1.54, 1.807) is 4.90 Å². The van der Waals surface area contributed by atoms with Crippen LogP contribution in [-0.2, 0) is 0 Å². The number of urea groups is 1. The van der Waals surface area contributed by atoms with Crippen molar-refractivity contribution in [3.05, 3.63) is 66.2 Å². The lowest BCUT2D eigenvalue weighted by Crippen LogP contribution is -2.46. The lowest BCUT2D eigenvalue weighted by atomic mass is 9.99. The molecule has 0 fully saturated rings. The average Bonchev–Trinajstić information content (AvgIpc) is 3.07. The van der Waals surface area contributed by atoms with Crippen LogP contribution < -0.4 is 16.0 Å². The lowest BCUT2D eigenvalue weighted by Gasteiger charge is -2.15. The molecule has 0 atom stereocenters. The molecule has 3 aromatic carbocycles. The summed E-state index contributed by atoms with van der Waals surface area (Å²) in [5.41, 5.74) is 10.1. The van der Waals surface area contributed by atoms with E-state index in [-0.39, 0.29) is 12.6 Å². The number of amides is 2. The third kappa shape index (κ3) is 3.37. The molecular weight excluding hydrogens is 352 g/mol. The van der Waals surface area contributed by atoms with Crippen LogP contribution in [0.4, 0.5) is 10.5 Å². The Morgan fingerprint density at radius 2 is 1.71 bits per heavy atom. The molecule has 2 amide bonds. The fourth-order valence-corrected chi connectivity index (χ4v) is 3.39. The van der Waals surface area contributed by atoms with E-state index < -0.39 is 0 Å². The highest BCUT2D eigenvalue weighted by Crippen LogP contribution is 2.28. The van der Waals surface area contributed by atoms with E-state index in [0.29, 0.717) is 24.5 Å². The number of rotatable bonds is 5. The summed E-state index contributed by atoms with van der Waals surface area (Å²) in [5.74, 6) is 0.309. The molecule has 0 saturated heterocycles. The summed E-state index contributed by atoms with van der Waals surface area (Å²) in [6.45, 7) is 0.427. The Bertz CT molecular complexity index is 1100. The van der Waals surface area contributed by atoms with Crippen LogP contribution in [0.15, 0.2) is 65.7 Å². The van der Waals surface area contributed by atoms with Crippen LogP contribution in [-0.4, -0.2) is 35.8 Å². The summed E-state index contributed by atoms with van der Waals surface area (Å²) in [6.07, 6.45) is 0.423. The number of fused-ring (bicyclic) bond motifs is 1. The fraction of sp³-hybridized carbons (Fsp3) is 0.136. The van der Waals surface area contributed by atoms with Crippen LogP contribution in [0.3, 0.4) is 0 Å². The third-order valence-electron chi connectivity index (χ3n) is 4.91. The van der Waals surface area contributed by atoms with Gasteiger partial charge in [0.15, 0.2) is 0 Å². The summed E-state index contributed by atoms with van der Waals surface area (Å²) in [7, 11) is 0. The van der Waals surface area contributed by atoms with E-state index in [2.05, 4.69) is 17.1 Å². The molecule has 0 unspecified atom stereocenters. The van der Waals surface area contributed by atoms with Gasteiger partial charge in [-0.05, 0) is 52.2 Å². The molecule has 0 bridgehead atoms. The van der Waals surface area contributed by atoms with Crippen molar-refractivity contribution in [3.8, 4) is 11.1 Å². The number of carbonyl (C=O) groups excluding carboxylic acids is 1. The molecule has 1 aliphatic heterocycles. The van der Waals surface area contributed by atoms with Crippen molar-refractivity contribution < 1.29 is 15.3 Å². The Morgan fingerprint density at radius 3 is 2.43 bits per heavy atom. The zero-order chi connectivity index (χ0) is 19.7. The highest BCUT2D eigenvalue weighted by Gasteiger charge is 2.24. The van der Waals surface area contributed by atoms with Gasteiger partial charge >= 0.3 is 6.03 Å². The van der Waals surface area contributed by atoms with Gasteiger partial charge in [0.2, 0.25) is 0 Å². The van der Waals surface area contributed by atoms with Gasteiger partial charge in [0, 0.05) is 24.4 Å². The normalized spacial score (nSPS) is 13.8. The van der Waals surface area contributed by atoms with Gasteiger partial charge in [-0.2, -0.15) is 0 Å². The van der Waals surface area contributed by atoms with E-state index in [9.17, 15) is 4.79 Å².